The summed E-state index contributed by atoms with van der Waals surface area (Å²) >= 11 is 1.70. The molecule has 0 aliphatic heterocycles. The SMILES string of the molecule is O=C(CO)Nc1ccc(SCc2cccnc2)cc1. The van der Waals surface area contributed by atoms with E-state index in [1.54, 1.807) is 18.0 Å². The van der Waals surface area contributed by atoms with Crippen LogP contribution in [0.25, 0.3) is 0 Å². The van der Waals surface area contributed by atoms with Crippen LogP contribution in [0.2, 0.25) is 0 Å². The maximum absolute atomic E-state index is 11.0. The van der Waals surface area contributed by atoms with Gasteiger partial charge in [-0.05, 0) is 35.9 Å². The molecule has 0 fully saturated rings. The highest BCUT2D eigenvalue weighted by Gasteiger charge is 2.00. The van der Waals surface area contributed by atoms with Gasteiger partial charge in [0.15, 0.2) is 0 Å². The zero-order valence-corrected chi connectivity index (χ0v) is 11.1. The highest BCUT2D eigenvalue weighted by atomic mass is 32.2. The summed E-state index contributed by atoms with van der Waals surface area (Å²) in [5.41, 5.74) is 1.86. The molecule has 2 aromatic rings. The fraction of sp³-hybridized carbons (Fsp3) is 0.143. The number of rotatable bonds is 5. The van der Waals surface area contributed by atoms with Gasteiger partial charge in [0.05, 0.1) is 0 Å². The molecule has 2 rings (SSSR count). The topological polar surface area (TPSA) is 62.2 Å². The van der Waals surface area contributed by atoms with Crippen molar-refractivity contribution in [3.8, 4) is 0 Å². The number of nitrogens with zero attached hydrogens (tertiary/aromatic N) is 1. The average molecular weight is 274 g/mol. The summed E-state index contributed by atoms with van der Waals surface area (Å²) in [5.74, 6) is 0.451. The predicted octanol–water partition coefficient (Wildman–Crippen LogP) is 2.30. The fourth-order valence-corrected chi connectivity index (χ4v) is 2.32. The van der Waals surface area contributed by atoms with Crippen molar-refractivity contribution >= 4 is 23.4 Å². The van der Waals surface area contributed by atoms with Gasteiger partial charge >= 0.3 is 0 Å². The second kappa shape index (κ2) is 6.92. The third-order valence-corrected chi connectivity index (χ3v) is 3.49. The Morgan fingerprint density at radius 3 is 2.68 bits per heavy atom. The van der Waals surface area contributed by atoms with Gasteiger partial charge in [0.25, 0.3) is 0 Å². The first kappa shape index (κ1) is 13.6. The van der Waals surface area contributed by atoms with E-state index in [-0.39, 0.29) is 0 Å². The Hall–Kier alpha value is -1.85. The van der Waals surface area contributed by atoms with E-state index in [1.165, 1.54) is 5.56 Å². The average Bonchev–Trinajstić information content (AvgIpc) is 2.47. The monoisotopic (exact) mass is 274 g/mol. The molecule has 19 heavy (non-hydrogen) atoms. The molecule has 1 amide bonds. The van der Waals surface area contributed by atoms with Crippen molar-refractivity contribution < 1.29 is 9.90 Å². The van der Waals surface area contributed by atoms with Crippen molar-refractivity contribution in [3.05, 3.63) is 54.4 Å². The van der Waals surface area contributed by atoms with Crippen molar-refractivity contribution in [1.82, 2.24) is 4.98 Å². The third-order valence-electron chi connectivity index (χ3n) is 2.41. The maximum Gasteiger partial charge on any atom is 0.250 e. The van der Waals surface area contributed by atoms with Crippen LogP contribution in [-0.4, -0.2) is 22.6 Å². The first-order chi connectivity index (χ1) is 9.28. The van der Waals surface area contributed by atoms with Crippen LogP contribution in [0.5, 0.6) is 0 Å². The molecule has 0 saturated carbocycles. The number of hydrogen-bond acceptors (Lipinski definition) is 4. The summed E-state index contributed by atoms with van der Waals surface area (Å²) in [6.45, 7) is -0.502. The Kier molecular flexibility index (Phi) is 4.94. The number of aliphatic hydroxyl groups is 1. The first-order valence-electron chi connectivity index (χ1n) is 5.80. The van der Waals surface area contributed by atoms with E-state index in [0.29, 0.717) is 5.69 Å². The number of thioether (sulfide) groups is 1. The van der Waals surface area contributed by atoms with Crippen LogP contribution in [0.15, 0.2) is 53.7 Å². The Bertz CT molecular complexity index is 529. The van der Waals surface area contributed by atoms with E-state index in [9.17, 15) is 4.79 Å². The molecule has 2 N–H and O–H groups in total. The first-order valence-corrected chi connectivity index (χ1v) is 6.79. The van der Waals surface area contributed by atoms with E-state index >= 15 is 0 Å². The van der Waals surface area contributed by atoms with Gasteiger partial charge in [-0.3, -0.25) is 9.78 Å². The standard InChI is InChI=1S/C14H14N2O2S/c17-9-14(18)16-12-3-5-13(6-4-12)19-10-11-2-1-7-15-8-11/h1-8,17H,9-10H2,(H,16,18). The van der Waals surface area contributed by atoms with Crippen molar-refractivity contribution in [1.29, 1.82) is 0 Å². The predicted molar refractivity (Wildman–Crippen MR) is 76.0 cm³/mol. The molecular formula is C14H14N2O2S. The Labute approximate surface area is 115 Å². The van der Waals surface area contributed by atoms with Gasteiger partial charge in [-0.2, -0.15) is 0 Å². The highest BCUT2D eigenvalue weighted by molar-refractivity contribution is 7.98. The smallest absolute Gasteiger partial charge is 0.250 e. The largest absolute Gasteiger partial charge is 0.387 e. The number of pyridine rings is 1. The molecule has 0 spiro atoms. The number of benzene rings is 1. The summed E-state index contributed by atoms with van der Waals surface area (Å²) < 4.78 is 0. The minimum Gasteiger partial charge on any atom is -0.387 e. The van der Waals surface area contributed by atoms with Gasteiger partial charge in [0.1, 0.15) is 6.61 Å². The number of aliphatic hydroxyl groups excluding tert-OH is 1. The molecule has 1 aromatic heterocycles. The van der Waals surface area contributed by atoms with Crippen LogP contribution in [0.4, 0.5) is 5.69 Å². The van der Waals surface area contributed by atoms with Crippen LogP contribution in [0, 0.1) is 0 Å². The number of amides is 1. The Morgan fingerprint density at radius 2 is 2.05 bits per heavy atom. The number of aromatic nitrogens is 1. The van der Waals surface area contributed by atoms with Crippen LogP contribution < -0.4 is 5.32 Å². The van der Waals surface area contributed by atoms with Crippen molar-refractivity contribution in [2.75, 3.05) is 11.9 Å². The van der Waals surface area contributed by atoms with E-state index in [4.69, 9.17) is 5.11 Å². The van der Waals surface area contributed by atoms with E-state index < -0.39 is 12.5 Å². The van der Waals surface area contributed by atoms with Gasteiger partial charge in [0, 0.05) is 28.7 Å². The van der Waals surface area contributed by atoms with Gasteiger partial charge in [0.2, 0.25) is 5.91 Å². The molecule has 5 heteroatoms. The van der Waals surface area contributed by atoms with E-state index in [0.717, 1.165) is 10.6 Å². The van der Waals surface area contributed by atoms with E-state index in [2.05, 4.69) is 10.3 Å². The number of carbonyl (C=O) groups is 1. The van der Waals surface area contributed by atoms with Gasteiger partial charge in [-0.15, -0.1) is 11.8 Å². The summed E-state index contributed by atoms with van der Waals surface area (Å²) in [6, 6.07) is 11.5. The van der Waals surface area contributed by atoms with Crippen LogP contribution in [0.1, 0.15) is 5.56 Å². The summed E-state index contributed by atoms with van der Waals surface area (Å²) in [5, 5.41) is 11.2. The fourth-order valence-electron chi connectivity index (χ4n) is 1.49. The molecule has 0 aliphatic carbocycles. The number of anilines is 1. The number of nitrogens with one attached hydrogen (secondary N) is 1. The minimum absolute atomic E-state index is 0.407. The normalized spacial score (nSPS) is 10.2. The molecule has 0 unspecified atom stereocenters. The quantitative estimate of drug-likeness (QED) is 0.821. The lowest BCUT2D eigenvalue weighted by Gasteiger charge is -2.05. The molecule has 1 aromatic carbocycles. The number of carbonyl (C=O) groups excluding carboxylic acids is 1. The summed E-state index contributed by atoms with van der Waals surface area (Å²) in [4.78, 5) is 16.2. The third kappa shape index (κ3) is 4.39. The lowest BCUT2D eigenvalue weighted by molar-refractivity contribution is -0.118. The second-order valence-electron chi connectivity index (χ2n) is 3.88. The number of hydrogen-bond donors (Lipinski definition) is 2. The lowest BCUT2D eigenvalue weighted by Crippen LogP contribution is -2.15. The second-order valence-corrected chi connectivity index (χ2v) is 4.93. The van der Waals surface area contributed by atoms with Crippen molar-refractivity contribution in [3.63, 3.8) is 0 Å². The molecule has 1 heterocycles. The maximum atomic E-state index is 11.0. The minimum atomic E-state index is -0.502. The van der Waals surface area contributed by atoms with Gasteiger partial charge in [-0.1, -0.05) is 6.07 Å². The molecule has 0 atom stereocenters. The lowest BCUT2D eigenvalue weighted by atomic mass is 10.3. The molecule has 4 nitrogen and oxygen atoms in total. The Balaban J connectivity index is 1.90. The van der Waals surface area contributed by atoms with Crippen molar-refractivity contribution in [2.45, 2.75) is 10.6 Å². The molecular weight excluding hydrogens is 260 g/mol. The zero-order valence-electron chi connectivity index (χ0n) is 10.2. The summed E-state index contributed by atoms with van der Waals surface area (Å²) in [7, 11) is 0. The molecule has 0 aliphatic rings. The van der Waals surface area contributed by atoms with Gasteiger partial charge < -0.3 is 10.4 Å². The van der Waals surface area contributed by atoms with E-state index in [1.807, 2.05) is 42.6 Å². The molecule has 0 radical (unpaired) electrons. The highest BCUT2D eigenvalue weighted by Crippen LogP contribution is 2.23. The van der Waals surface area contributed by atoms with Crippen LogP contribution >= 0.6 is 11.8 Å². The van der Waals surface area contributed by atoms with Crippen LogP contribution in [0.3, 0.4) is 0 Å². The van der Waals surface area contributed by atoms with Gasteiger partial charge in [-0.25, -0.2) is 0 Å². The molecule has 0 bridgehead atoms. The van der Waals surface area contributed by atoms with Crippen LogP contribution in [-0.2, 0) is 10.5 Å². The zero-order chi connectivity index (χ0) is 13.5. The molecule has 98 valence electrons. The summed E-state index contributed by atoms with van der Waals surface area (Å²) in [6.07, 6.45) is 3.61. The Morgan fingerprint density at radius 1 is 1.26 bits per heavy atom. The van der Waals surface area contributed by atoms with Crippen molar-refractivity contribution in [2.24, 2.45) is 0 Å². The molecule has 0 saturated heterocycles.